The molecule has 2 aliphatic heterocycles. The quantitative estimate of drug-likeness (QED) is 0.431. The van der Waals surface area contributed by atoms with Crippen LogP contribution in [0, 0.1) is 0 Å². The van der Waals surface area contributed by atoms with E-state index in [1.54, 1.807) is 43.5 Å². The second-order valence-electron chi connectivity index (χ2n) is 9.30. The summed E-state index contributed by atoms with van der Waals surface area (Å²) in [7, 11) is 0. The summed E-state index contributed by atoms with van der Waals surface area (Å²) >= 11 is 6.43. The Morgan fingerprint density at radius 2 is 2.03 bits per heavy atom. The van der Waals surface area contributed by atoms with Crippen LogP contribution in [0.25, 0.3) is 11.3 Å². The Morgan fingerprint density at radius 1 is 1.24 bits per heavy atom. The lowest BCUT2D eigenvalue weighted by Gasteiger charge is -2.23. The number of aromatic nitrogens is 2. The van der Waals surface area contributed by atoms with Crippen molar-refractivity contribution in [2.24, 2.45) is 0 Å². The number of rotatable bonds is 7. The summed E-state index contributed by atoms with van der Waals surface area (Å²) in [5.74, 6) is 0.0599. The van der Waals surface area contributed by atoms with Gasteiger partial charge < -0.3 is 25.4 Å². The van der Waals surface area contributed by atoms with E-state index in [1.807, 2.05) is 12.1 Å². The Bertz CT molecular complexity index is 1330. The third-order valence-corrected chi connectivity index (χ3v) is 6.95. The molecule has 1 fully saturated rings. The van der Waals surface area contributed by atoms with Crippen LogP contribution >= 0.6 is 11.6 Å². The van der Waals surface area contributed by atoms with Crippen molar-refractivity contribution in [1.29, 1.82) is 0 Å². The van der Waals surface area contributed by atoms with Crippen LogP contribution in [0.3, 0.4) is 0 Å². The molecule has 0 bridgehead atoms. The van der Waals surface area contributed by atoms with Gasteiger partial charge in [0.1, 0.15) is 12.3 Å². The number of phenolic OH excluding ortho intramolecular Hbond substituents is 1. The number of halogens is 1. The topological polar surface area (TPSA) is 117 Å². The number of fused-ring (bicyclic) bond motifs is 1. The highest BCUT2D eigenvalue weighted by Gasteiger charge is 2.30. The zero-order chi connectivity index (χ0) is 25.9. The first kappa shape index (κ1) is 25.0. The third kappa shape index (κ3) is 5.52. The zero-order valence-electron chi connectivity index (χ0n) is 20.4. The molecule has 9 nitrogen and oxygen atoms in total. The summed E-state index contributed by atoms with van der Waals surface area (Å²) in [5, 5.41) is 16.6. The minimum absolute atomic E-state index is 0.0891. The Morgan fingerprint density at radius 3 is 2.81 bits per heavy atom. The summed E-state index contributed by atoms with van der Waals surface area (Å²) < 4.78 is 5.41. The number of amides is 2. The molecule has 1 saturated heterocycles. The molecule has 1 aromatic heterocycles. The van der Waals surface area contributed by atoms with Gasteiger partial charge in [0, 0.05) is 42.5 Å². The summed E-state index contributed by atoms with van der Waals surface area (Å²) in [4.78, 5) is 36.3. The number of phenols is 1. The molecule has 1 atom stereocenters. The van der Waals surface area contributed by atoms with Crippen LogP contribution in [0.15, 0.2) is 48.7 Å². The van der Waals surface area contributed by atoms with Gasteiger partial charge in [0.15, 0.2) is 0 Å². The third-order valence-electron chi connectivity index (χ3n) is 6.68. The van der Waals surface area contributed by atoms with E-state index in [4.69, 9.17) is 16.3 Å². The van der Waals surface area contributed by atoms with Crippen molar-refractivity contribution in [2.75, 3.05) is 25.1 Å². The lowest BCUT2D eigenvalue weighted by Crippen LogP contribution is -2.38. The van der Waals surface area contributed by atoms with Crippen LogP contribution < -0.4 is 10.6 Å². The molecule has 0 radical (unpaired) electrons. The Labute approximate surface area is 219 Å². The Kier molecular flexibility index (Phi) is 7.25. The molecule has 2 amide bonds. The van der Waals surface area contributed by atoms with Crippen LogP contribution in [-0.2, 0) is 16.1 Å². The highest BCUT2D eigenvalue weighted by molar-refractivity contribution is 6.33. The average molecular weight is 522 g/mol. The summed E-state index contributed by atoms with van der Waals surface area (Å²) in [6.07, 6.45) is 3.32. The summed E-state index contributed by atoms with van der Waals surface area (Å²) in [6.45, 7) is 3.44. The van der Waals surface area contributed by atoms with Gasteiger partial charge in [-0.15, -0.1) is 0 Å². The first-order valence-electron chi connectivity index (χ1n) is 12.3. The number of hydrogen-bond donors (Lipinski definition) is 3. The highest BCUT2D eigenvalue weighted by Crippen LogP contribution is 2.32. The Hall–Kier alpha value is -3.69. The molecule has 10 heteroatoms. The molecule has 192 valence electrons. The zero-order valence-corrected chi connectivity index (χ0v) is 21.2. The largest absolute Gasteiger partial charge is 0.508 e. The van der Waals surface area contributed by atoms with Crippen LogP contribution in [0.5, 0.6) is 5.75 Å². The molecule has 2 aromatic carbocycles. The van der Waals surface area contributed by atoms with E-state index in [0.717, 1.165) is 18.4 Å². The van der Waals surface area contributed by atoms with Crippen LogP contribution in [0.1, 0.15) is 47.3 Å². The maximum atomic E-state index is 13.2. The van der Waals surface area contributed by atoms with Gasteiger partial charge in [0.05, 0.1) is 23.0 Å². The van der Waals surface area contributed by atoms with Crippen LogP contribution in [0.2, 0.25) is 5.02 Å². The van der Waals surface area contributed by atoms with Crippen molar-refractivity contribution in [3.63, 3.8) is 0 Å². The van der Waals surface area contributed by atoms with Gasteiger partial charge in [-0.05, 0) is 37.5 Å². The number of hydrogen-bond acceptors (Lipinski definition) is 7. The summed E-state index contributed by atoms with van der Waals surface area (Å²) in [6, 6.07) is 12.2. The molecule has 0 unspecified atom stereocenters. The van der Waals surface area contributed by atoms with Crippen molar-refractivity contribution in [1.82, 2.24) is 20.2 Å². The molecular weight excluding hydrogens is 494 g/mol. The van der Waals surface area contributed by atoms with Crippen molar-refractivity contribution < 1.29 is 19.4 Å². The van der Waals surface area contributed by atoms with Gasteiger partial charge in [0.25, 0.3) is 5.91 Å². The molecule has 2 aliphatic rings. The summed E-state index contributed by atoms with van der Waals surface area (Å²) in [5.41, 5.74) is 3.21. The number of benzene rings is 2. The number of carbonyl (C=O) groups excluding carboxylic acids is 2. The van der Waals surface area contributed by atoms with Crippen molar-refractivity contribution in [3.8, 4) is 17.0 Å². The predicted molar refractivity (Wildman–Crippen MR) is 139 cm³/mol. The molecule has 0 aliphatic carbocycles. The SMILES string of the molecule is C[C@@H](NC(=O)CN1Cc2ccc(-c3nc(NC4CCOCC4)ncc3Cl)cc2C1=O)c1ccccc1O. The number of ether oxygens (including phenoxy) is 1. The van der Waals surface area contributed by atoms with E-state index in [-0.39, 0.29) is 30.2 Å². The predicted octanol–water partition coefficient (Wildman–Crippen LogP) is 3.93. The van der Waals surface area contributed by atoms with Crippen LogP contribution in [-0.4, -0.2) is 57.6 Å². The fourth-order valence-corrected chi connectivity index (χ4v) is 4.89. The maximum Gasteiger partial charge on any atom is 0.254 e. The van der Waals surface area contributed by atoms with Gasteiger partial charge in [-0.1, -0.05) is 41.9 Å². The van der Waals surface area contributed by atoms with Gasteiger partial charge in [-0.2, -0.15) is 0 Å². The number of anilines is 1. The number of carbonyl (C=O) groups is 2. The lowest BCUT2D eigenvalue weighted by molar-refractivity contribution is -0.122. The first-order chi connectivity index (χ1) is 17.9. The highest BCUT2D eigenvalue weighted by atomic mass is 35.5. The van der Waals surface area contributed by atoms with Crippen molar-refractivity contribution in [3.05, 3.63) is 70.4 Å². The van der Waals surface area contributed by atoms with Gasteiger partial charge in [-0.3, -0.25) is 9.59 Å². The smallest absolute Gasteiger partial charge is 0.254 e. The van der Waals surface area contributed by atoms with Gasteiger partial charge >= 0.3 is 0 Å². The van der Waals surface area contributed by atoms with E-state index in [0.29, 0.717) is 53.1 Å². The van der Waals surface area contributed by atoms with E-state index in [2.05, 4.69) is 20.6 Å². The van der Waals surface area contributed by atoms with Gasteiger partial charge in [0.2, 0.25) is 11.9 Å². The van der Waals surface area contributed by atoms with Gasteiger partial charge in [-0.25, -0.2) is 9.97 Å². The molecule has 3 heterocycles. The number of nitrogens with zero attached hydrogens (tertiary/aromatic N) is 3. The molecule has 5 rings (SSSR count). The number of para-hydroxylation sites is 1. The van der Waals surface area contributed by atoms with Crippen molar-refractivity contribution >= 4 is 29.4 Å². The minimum atomic E-state index is -0.399. The molecule has 0 saturated carbocycles. The van der Waals surface area contributed by atoms with E-state index in [1.165, 1.54) is 4.90 Å². The second kappa shape index (κ2) is 10.7. The monoisotopic (exact) mass is 521 g/mol. The average Bonchev–Trinajstić information content (AvgIpc) is 3.20. The van der Waals surface area contributed by atoms with Crippen molar-refractivity contribution in [2.45, 2.75) is 38.4 Å². The maximum absolute atomic E-state index is 13.2. The normalized spacial score (nSPS) is 16.4. The lowest BCUT2D eigenvalue weighted by atomic mass is 10.0. The Balaban J connectivity index is 1.27. The van der Waals surface area contributed by atoms with Crippen LogP contribution in [0.4, 0.5) is 5.95 Å². The number of nitrogens with one attached hydrogen (secondary N) is 2. The number of aromatic hydroxyl groups is 1. The second-order valence-corrected chi connectivity index (χ2v) is 9.71. The van der Waals surface area contributed by atoms with E-state index >= 15 is 0 Å². The van der Waals surface area contributed by atoms with E-state index in [9.17, 15) is 14.7 Å². The minimum Gasteiger partial charge on any atom is -0.508 e. The molecule has 37 heavy (non-hydrogen) atoms. The standard InChI is InChI=1S/C27H28ClN5O4/c1-16(20-4-2-3-5-23(20)34)30-24(35)15-33-14-18-7-6-17(12-21(18)26(33)36)25-22(28)13-29-27(32-25)31-19-8-10-37-11-9-19/h2-7,12-13,16,19,34H,8-11,14-15H2,1H3,(H,30,35)(H,29,31,32)/t16-/m1/s1. The fraction of sp³-hybridized carbons (Fsp3) is 0.333. The van der Waals surface area contributed by atoms with E-state index < -0.39 is 6.04 Å². The molecular formula is C27H28ClN5O4. The first-order valence-corrected chi connectivity index (χ1v) is 12.6. The molecule has 0 spiro atoms. The fourth-order valence-electron chi connectivity index (χ4n) is 4.69. The molecule has 3 aromatic rings. The molecule has 3 N–H and O–H groups in total.